The average Bonchev–Trinajstić information content (AvgIpc) is 3.27. The predicted octanol–water partition coefficient (Wildman–Crippen LogP) is 0.799. The lowest BCUT2D eigenvalue weighted by atomic mass is 9.81. The van der Waals surface area contributed by atoms with Gasteiger partial charge in [0.05, 0.1) is 24.4 Å². The molecule has 2 saturated heterocycles. The van der Waals surface area contributed by atoms with Gasteiger partial charge in [0.25, 0.3) is 0 Å². The maximum atomic E-state index is 13.0. The van der Waals surface area contributed by atoms with Crippen LogP contribution in [0.2, 0.25) is 0 Å². The Morgan fingerprint density at radius 1 is 1.22 bits per heavy atom. The summed E-state index contributed by atoms with van der Waals surface area (Å²) >= 11 is 0. The van der Waals surface area contributed by atoms with Crippen LogP contribution >= 0.6 is 0 Å². The fraction of sp³-hybridized carbons (Fsp3) is 0.500. The number of piperidine rings is 1. The van der Waals surface area contributed by atoms with Crippen LogP contribution < -0.4 is 5.32 Å². The van der Waals surface area contributed by atoms with Gasteiger partial charge in [-0.05, 0) is 31.5 Å². The number of rotatable bonds is 4. The highest BCUT2D eigenvalue weighted by Gasteiger charge is 2.49. The molecule has 0 radical (unpaired) electrons. The van der Waals surface area contributed by atoms with E-state index in [0.717, 1.165) is 35.8 Å². The van der Waals surface area contributed by atoms with Gasteiger partial charge < -0.3 is 5.32 Å². The molecule has 1 aromatic carbocycles. The maximum Gasteiger partial charge on any atom is 0.238 e. The molecule has 0 aliphatic carbocycles. The van der Waals surface area contributed by atoms with Crippen molar-refractivity contribution < 1.29 is 13.2 Å². The summed E-state index contributed by atoms with van der Waals surface area (Å²) in [6.45, 7) is 1.88. The van der Waals surface area contributed by atoms with E-state index in [-0.39, 0.29) is 36.1 Å². The Morgan fingerprint density at radius 3 is 2.63 bits per heavy atom. The molecule has 1 amide bonds. The number of sulfonamides is 1. The van der Waals surface area contributed by atoms with Gasteiger partial charge in [0.2, 0.25) is 15.9 Å². The summed E-state index contributed by atoms with van der Waals surface area (Å²) in [5.74, 6) is -0.318. The van der Waals surface area contributed by atoms with Gasteiger partial charge in [0, 0.05) is 18.2 Å². The van der Waals surface area contributed by atoms with Gasteiger partial charge in [-0.25, -0.2) is 17.4 Å². The van der Waals surface area contributed by atoms with Crippen LogP contribution in [-0.4, -0.2) is 59.0 Å². The molecule has 8 nitrogen and oxygen atoms in total. The van der Waals surface area contributed by atoms with E-state index >= 15 is 0 Å². The summed E-state index contributed by atoms with van der Waals surface area (Å²) in [6.07, 6.45) is 4.83. The third-order valence-corrected chi connectivity index (χ3v) is 7.54. The minimum atomic E-state index is -3.58. The van der Waals surface area contributed by atoms with E-state index in [0.29, 0.717) is 0 Å². The zero-order valence-corrected chi connectivity index (χ0v) is 15.8. The first-order valence-corrected chi connectivity index (χ1v) is 10.7. The molecule has 1 atom stereocenters. The Bertz CT molecular complexity index is 892. The van der Waals surface area contributed by atoms with E-state index in [1.807, 2.05) is 30.3 Å². The van der Waals surface area contributed by atoms with Crippen LogP contribution in [0.3, 0.4) is 0 Å². The summed E-state index contributed by atoms with van der Waals surface area (Å²) < 4.78 is 28.2. The zero-order valence-electron chi connectivity index (χ0n) is 15.0. The van der Waals surface area contributed by atoms with Crippen molar-refractivity contribution in [3.05, 3.63) is 48.3 Å². The number of nitrogens with one attached hydrogen (secondary N) is 1. The molecule has 144 valence electrons. The van der Waals surface area contributed by atoms with Crippen molar-refractivity contribution in [1.29, 1.82) is 0 Å². The molecule has 2 aliphatic heterocycles. The van der Waals surface area contributed by atoms with E-state index in [1.54, 1.807) is 17.1 Å². The number of carbonyl (C=O) groups is 1. The average molecular weight is 389 g/mol. The Hall–Kier alpha value is -2.26. The van der Waals surface area contributed by atoms with Gasteiger partial charge >= 0.3 is 0 Å². The highest BCUT2D eigenvalue weighted by atomic mass is 32.2. The van der Waals surface area contributed by atoms with Crippen LogP contribution in [0, 0.1) is 5.41 Å². The lowest BCUT2D eigenvalue weighted by Crippen LogP contribution is -2.41. The summed E-state index contributed by atoms with van der Waals surface area (Å²) in [6, 6.07) is 9.11. The first-order valence-electron chi connectivity index (χ1n) is 9.14. The number of benzene rings is 1. The third kappa shape index (κ3) is 3.61. The van der Waals surface area contributed by atoms with Crippen LogP contribution in [-0.2, 0) is 14.8 Å². The third-order valence-electron chi connectivity index (χ3n) is 5.56. The largest absolute Gasteiger partial charge is 0.317 e. The standard InChI is InChI=1S/C18H23N5O3S/c24-17(23-13-18(14-27(23,25)26)6-8-19-9-7-18)12-16(22-11-10-20-21-22)15-4-2-1-3-5-15/h1-5,10-11,16,19H,6-9,12-14H2. The molecule has 4 rings (SSSR count). The molecule has 9 heteroatoms. The van der Waals surface area contributed by atoms with Crippen molar-refractivity contribution in [3.8, 4) is 0 Å². The molecule has 1 aromatic heterocycles. The topological polar surface area (TPSA) is 97.2 Å². The molecule has 1 spiro atoms. The van der Waals surface area contributed by atoms with E-state index in [1.165, 1.54) is 0 Å². The highest BCUT2D eigenvalue weighted by Crippen LogP contribution is 2.39. The number of hydrogen-bond acceptors (Lipinski definition) is 6. The van der Waals surface area contributed by atoms with Gasteiger partial charge in [-0.3, -0.25) is 4.79 Å². The molecule has 0 bridgehead atoms. The molecular formula is C18H23N5O3S. The molecule has 0 saturated carbocycles. The molecular weight excluding hydrogens is 366 g/mol. The lowest BCUT2D eigenvalue weighted by molar-refractivity contribution is -0.127. The molecule has 3 heterocycles. The molecule has 2 fully saturated rings. The Balaban J connectivity index is 1.58. The van der Waals surface area contributed by atoms with E-state index in [9.17, 15) is 13.2 Å². The van der Waals surface area contributed by atoms with Crippen LogP contribution in [0.15, 0.2) is 42.7 Å². The number of amides is 1. The van der Waals surface area contributed by atoms with Crippen molar-refractivity contribution in [3.63, 3.8) is 0 Å². The van der Waals surface area contributed by atoms with Gasteiger partial charge in [0.15, 0.2) is 0 Å². The zero-order chi connectivity index (χ0) is 18.9. The Morgan fingerprint density at radius 2 is 1.96 bits per heavy atom. The van der Waals surface area contributed by atoms with E-state index in [4.69, 9.17) is 0 Å². The molecule has 1 N–H and O–H groups in total. The Labute approximate surface area is 158 Å². The molecule has 1 unspecified atom stereocenters. The second-order valence-corrected chi connectivity index (χ2v) is 9.31. The van der Waals surface area contributed by atoms with Crippen LogP contribution in [0.1, 0.15) is 30.9 Å². The van der Waals surface area contributed by atoms with Gasteiger partial charge in [-0.1, -0.05) is 35.5 Å². The lowest BCUT2D eigenvalue weighted by Gasteiger charge is -2.32. The van der Waals surface area contributed by atoms with Crippen LogP contribution in [0.5, 0.6) is 0 Å². The number of carbonyl (C=O) groups excluding carboxylic acids is 1. The van der Waals surface area contributed by atoms with Crippen LogP contribution in [0.25, 0.3) is 0 Å². The number of hydrogen-bond donors (Lipinski definition) is 1. The minimum Gasteiger partial charge on any atom is -0.317 e. The number of nitrogens with zero attached hydrogens (tertiary/aromatic N) is 4. The molecule has 2 aliphatic rings. The van der Waals surface area contributed by atoms with E-state index < -0.39 is 10.0 Å². The van der Waals surface area contributed by atoms with E-state index in [2.05, 4.69) is 15.6 Å². The van der Waals surface area contributed by atoms with Crippen molar-refractivity contribution in [2.24, 2.45) is 5.41 Å². The van der Waals surface area contributed by atoms with Gasteiger partial charge in [-0.15, -0.1) is 5.10 Å². The first kappa shape index (κ1) is 18.1. The first-order chi connectivity index (χ1) is 13.0. The maximum absolute atomic E-state index is 13.0. The van der Waals surface area contributed by atoms with Crippen molar-refractivity contribution in [2.45, 2.75) is 25.3 Å². The van der Waals surface area contributed by atoms with Crippen molar-refractivity contribution in [1.82, 2.24) is 24.6 Å². The van der Waals surface area contributed by atoms with Crippen molar-refractivity contribution in [2.75, 3.05) is 25.4 Å². The van der Waals surface area contributed by atoms with Gasteiger partial charge in [0.1, 0.15) is 0 Å². The summed E-state index contributed by atoms with van der Waals surface area (Å²) in [5, 5.41) is 11.1. The summed E-state index contributed by atoms with van der Waals surface area (Å²) in [5.41, 5.74) is 0.583. The highest BCUT2D eigenvalue weighted by molar-refractivity contribution is 7.89. The van der Waals surface area contributed by atoms with Crippen molar-refractivity contribution >= 4 is 15.9 Å². The summed E-state index contributed by atoms with van der Waals surface area (Å²) in [4.78, 5) is 13.0. The minimum absolute atomic E-state index is 0.0287. The monoisotopic (exact) mass is 389 g/mol. The molecule has 27 heavy (non-hydrogen) atoms. The second-order valence-electron chi connectivity index (χ2n) is 7.42. The smallest absolute Gasteiger partial charge is 0.238 e. The predicted molar refractivity (Wildman–Crippen MR) is 99.3 cm³/mol. The fourth-order valence-electron chi connectivity index (χ4n) is 4.11. The normalized spacial score (nSPS) is 22.0. The Kier molecular flexibility index (Phi) is 4.73. The second kappa shape index (κ2) is 7.05. The molecule has 2 aromatic rings. The number of aromatic nitrogens is 3. The quantitative estimate of drug-likeness (QED) is 0.831. The summed E-state index contributed by atoms with van der Waals surface area (Å²) in [7, 11) is -3.58. The SMILES string of the molecule is O=C(CC(c1ccccc1)n1ccnn1)N1CC2(CCNCC2)CS1(=O)=O. The fourth-order valence-corrected chi connectivity index (χ4v) is 6.27. The van der Waals surface area contributed by atoms with Gasteiger partial charge in [-0.2, -0.15) is 0 Å². The van der Waals surface area contributed by atoms with Crippen LogP contribution in [0.4, 0.5) is 0 Å².